The van der Waals surface area contributed by atoms with Crippen LogP contribution in [0.5, 0.6) is 0 Å². The highest BCUT2D eigenvalue weighted by Gasteiger charge is 2.19. The van der Waals surface area contributed by atoms with Crippen molar-refractivity contribution in [2.45, 2.75) is 11.7 Å². The summed E-state index contributed by atoms with van der Waals surface area (Å²) in [5.74, 6) is -1.07. The molecule has 23 heavy (non-hydrogen) atoms. The van der Waals surface area contributed by atoms with E-state index in [-0.39, 0.29) is 23.2 Å². The highest BCUT2D eigenvalue weighted by atomic mass is 35.5. The van der Waals surface area contributed by atoms with E-state index in [1.807, 2.05) is 30.3 Å². The molecule has 0 radical (unpaired) electrons. The van der Waals surface area contributed by atoms with E-state index >= 15 is 0 Å². The Kier molecular flexibility index (Phi) is 6.51. The van der Waals surface area contributed by atoms with Crippen molar-refractivity contribution in [3.8, 4) is 0 Å². The lowest BCUT2D eigenvalue weighted by Crippen LogP contribution is -2.08. The number of hydrogen-bond donors (Lipinski definition) is 1. The van der Waals surface area contributed by atoms with E-state index in [0.717, 1.165) is 5.56 Å². The van der Waals surface area contributed by atoms with Crippen molar-refractivity contribution < 1.29 is 14.7 Å². The number of carboxylic acids is 1. The highest BCUT2D eigenvalue weighted by Crippen LogP contribution is 2.33. The standard InChI is InChI=1S/C17H14Cl2O3S/c18-13-7-6-12(8-14(13)19)15(20)9-16(23-10-17(21)22)11-4-2-1-3-5-11/h1-8,16H,9-10H2,(H,21,22). The summed E-state index contributed by atoms with van der Waals surface area (Å²) in [7, 11) is 0. The van der Waals surface area contributed by atoms with Gasteiger partial charge in [-0.05, 0) is 23.8 Å². The first kappa shape index (κ1) is 17.9. The number of halogens is 2. The summed E-state index contributed by atoms with van der Waals surface area (Å²) in [5.41, 5.74) is 1.39. The van der Waals surface area contributed by atoms with Crippen molar-refractivity contribution in [3.63, 3.8) is 0 Å². The molecule has 2 rings (SSSR count). The first-order chi connectivity index (χ1) is 11.0. The van der Waals surface area contributed by atoms with Gasteiger partial charge in [0.05, 0.1) is 15.8 Å². The van der Waals surface area contributed by atoms with Gasteiger partial charge in [0, 0.05) is 17.2 Å². The van der Waals surface area contributed by atoms with E-state index in [4.69, 9.17) is 28.3 Å². The summed E-state index contributed by atoms with van der Waals surface area (Å²) >= 11 is 13.0. The molecule has 1 N–H and O–H groups in total. The maximum atomic E-state index is 12.5. The van der Waals surface area contributed by atoms with Crippen molar-refractivity contribution in [2.24, 2.45) is 0 Å². The molecule has 0 saturated carbocycles. The minimum atomic E-state index is -0.905. The van der Waals surface area contributed by atoms with Gasteiger partial charge in [0.2, 0.25) is 0 Å². The summed E-state index contributed by atoms with van der Waals surface area (Å²) in [6.07, 6.45) is 0.194. The number of carboxylic acid groups (broad SMARTS) is 1. The Balaban J connectivity index is 2.17. The van der Waals surface area contributed by atoms with Crippen LogP contribution in [0.2, 0.25) is 10.0 Å². The normalized spacial score (nSPS) is 11.9. The van der Waals surface area contributed by atoms with Crippen molar-refractivity contribution in [1.29, 1.82) is 0 Å². The molecule has 1 atom stereocenters. The average Bonchev–Trinajstić information content (AvgIpc) is 2.54. The molecule has 0 aliphatic rings. The zero-order chi connectivity index (χ0) is 16.8. The molecule has 3 nitrogen and oxygen atoms in total. The lowest BCUT2D eigenvalue weighted by molar-refractivity contribution is -0.133. The molecule has 0 bridgehead atoms. The summed E-state index contributed by atoms with van der Waals surface area (Å²) in [5, 5.41) is 9.38. The number of Topliss-reactive ketones (excluding diaryl/α,β-unsaturated/α-hetero) is 1. The van der Waals surface area contributed by atoms with Crippen LogP contribution in [-0.2, 0) is 4.79 Å². The van der Waals surface area contributed by atoms with Crippen LogP contribution in [0.15, 0.2) is 48.5 Å². The predicted molar refractivity (Wildman–Crippen MR) is 94.7 cm³/mol. The summed E-state index contributed by atoms with van der Waals surface area (Å²) in [4.78, 5) is 23.3. The first-order valence-electron chi connectivity index (χ1n) is 6.84. The van der Waals surface area contributed by atoms with Crippen LogP contribution in [0, 0.1) is 0 Å². The van der Waals surface area contributed by atoms with E-state index in [9.17, 15) is 9.59 Å². The molecule has 2 aromatic carbocycles. The van der Waals surface area contributed by atoms with Crippen LogP contribution >= 0.6 is 35.0 Å². The molecular weight excluding hydrogens is 355 g/mol. The van der Waals surface area contributed by atoms with Gasteiger partial charge in [-0.3, -0.25) is 9.59 Å². The van der Waals surface area contributed by atoms with Gasteiger partial charge in [0.15, 0.2) is 5.78 Å². The molecule has 0 fully saturated rings. The Bertz CT molecular complexity index is 704. The van der Waals surface area contributed by atoms with E-state index in [0.29, 0.717) is 15.6 Å². The van der Waals surface area contributed by atoms with Crippen LogP contribution in [0.3, 0.4) is 0 Å². The number of carbonyl (C=O) groups is 2. The fourth-order valence-electron chi connectivity index (χ4n) is 2.07. The Morgan fingerprint density at radius 3 is 2.35 bits per heavy atom. The minimum Gasteiger partial charge on any atom is -0.481 e. The molecule has 0 aromatic heterocycles. The zero-order valence-corrected chi connectivity index (χ0v) is 14.4. The number of ketones is 1. The third-order valence-electron chi connectivity index (χ3n) is 3.19. The Morgan fingerprint density at radius 1 is 1.04 bits per heavy atom. The fourth-order valence-corrected chi connectivity index (χ4v) is 3.33. The maximum absolute atomic E-state index is 12.5. The van der Waals surface area contributed by atoms with Gasteiger partial charge in [0.25, 0.3) is 0 Å². The molecule has 0 saturated heterocycles. The number of carbonyl (C=O) groups excluding carboxylic acids is 1. The highest BCUT2D eigenvalue weighted by molar-refractivity contribution is 8.00. The van der Waals surface area contributed by atoms with E-state index in [2.05, 4.69) is 0 Å². The average molecular weight is 369 g/mol. The Morgan fingerprint density at radius 2 is 1.74 bits per heavy atom. The molecule has 0 amide bonds. The van der Waals surface area contributed by atoms with Gasteiger partial charge in [-0.15, -0.1) is 11.8 Å². The molecule has 1 unspecified atom stereocenters. The molecule has 0 aliphatic carbocycles. The van der Waals surface area contributed by atoms with Crippen LogP contribution in [0.25, 0.3) is 0 Å². The van der Waals surface area contributed by atoms with Crippen LogP contribution in [0.1, 0.15) is 27.6 Å². The smallest absolute Gasteiger partial charge is 0.313 e. The molecule has 0 aliphatic heterocycles. The molecule has 120 valence electrons. The summed E-state index contributed by atoms with van der Waals surface area (Å²) in [6.45, 7) is 0. The van der Waals surface area contributed by atoms with Crippen LogP contribution in [0.4, 0.5) is 0 Å². The predicted octanol–water partition coefficient (Wildman–Crippen LogP) is 5.13. The first-order valence-corrected chi connectivity index (χ1v) is 8.64. The Hall–Kier alpha value is -1.49. The maximum Gasteiger partial charge on any atom is 0.313 e. The number of benzene rings is 2. The van der Waals surface area contributed by atoms with Crippen molar-refractivity contribution in [3.05, 3.63) is 69.7 Å². The molecular formula is C17H14Cl2O3S. The minimum absolute atomic E-state index is 0.0613. The number of rotatable bonds is 7. The second-order valence-corrected chi connectivity index (χ2v) is 6.87. The zero-order valence-electron chi connectivity index (χ0n) is 12.0. The van der Waals surface area contributed by atoms with E-state index in [1.165, 1.54) is 17.8 Å². The monoisotopic (exact) mass is 368 g/mol. The van der Waals surface area contributed by atoms with Crippen molar-refractivity contribution in [2.75, 3.05) is 5.75 Å². The number of aliphatic carboxylic acids is 1. The number of hydrogen-bond acceptors (Lipinski definition) is 3. The molecule has 0 heterocycles. The quantitative estimate of drug-likeness (QED) is 0.688. The van der Waals surface area contributed by atoms with Crippen molar-refractivity contribution >= 4 is 46.7 Å². The summed E-state index contributed by atoms with van der Waals surface area (Å²) < 4.78 is 0. The third-order valence-corrected chi connectivity index (χ3v) is 5.19. The van der Waals surface area contributed by atoms with Crippen LogP contribution in [-0.4, -0.2) is 22.6 Å². The lowest BCUT2D eigenvalue weighted by Gasteiger charge is -2.15. The van der Waals surface area contributed by atoms with Gasteiger partial charge < -0.3 is 5.11 Å². The molecule has 6 heteroatoms. The van der Waals surface area contributed by atoms with E-state index in [1.54, 1.807) is 12.1 Å². The largest absolute Gasteiger partial charge is 0.481 e. The SMILES string of the molecule is O=C(O)CSC(CC(=O)c1ccc(Cl)c(Cl)c1)c1ccccc1. The Labute approximate surface area is 148 Å². The van der Waals surface area contributed by atoms with Gasteiger partial charge >= 0.3 is 5.97 Å². The van der Waals surface area contributed by atoms with Gasteiger partial charge in [0.1, 0.15) is 0 Å². The fraction of sp³-hybridized carbons (Fsp3) is 0.176. The lowest BCUT2D eigenvalue weighted by atomic mass is 10.0. The second kappa shape index (κ2) is 8.39. The second-order valence-electron chi connectivity index (χ2n) is 4.86. The summed E-state index contributed by atoms with van der Waals surface area (Å²) in [6, 6.07) is 14.1. The van der Waals surface area contributed by atoms with Crippen molar-refractivity contribution in [1.82, 2.24) is 0 Å². The molecule has 0 spiro atoms. The van der Waals surface area contributed by atoms with Crippen LogP contribution < -0.4 is 0 Å². The molecule has 2 aromatic rings. The van der Waals surface area contributed by atoms with Gasteiger partial charge in [-0.1, -0.05) is 53.5 Å². The van der Waals surface area contributed by atoms with Gasteiger partial charge in [-0.25, -0.2) is 0 Å². The third kappa shape index (κ3) is 5.27. The van der Waals surface area contributed by atoms with E-state index < -0.39 is 5.97 Å². The van der Waals surface area contributed by atoms with Gasteiger partial charge in [-0.2, -0.15) is 0 Å². The number of thioether (sulfide) groups is 1. The topological polar surface area (TPSA) is 54.4 Å².